The molecule has 2 aliphatic rings. The maximum Gasteiger partial charge on any atom is 0.311 e. The van der Waals surface area contributed by atoms with Crippen LogP contribution < -0.4 is 10.6 Å². The predicted octanol–water partition coefficient (Wildman–Crippen LogP) is -0.266. The molecule has 2 fully saturated rings. The van der Waals surface area contributed by atoms with Crippen LogP contribution >= 0.6 is 0 Å². The highest BCUT2D eigenvalue weighted by atomic mass is 16.5. The lowest BCUT2D eigenvalue weighted by Gasteiger charge is -2.30. The third kappa shape index (κ3) is 2.49. The summed E-state index contributed by atoms with van der Waals surface area (Å²) in [5.74, 6) is -0.993. The molecule has 0 radical (unpaired) electrons. The summed E-state index contributed by atoms with van der Waals surface area (Å²) < 4.78 is 5.23. The summed E-state index contributed by atoms with van der Waals surface area (Å²) in [6.45, 7) is 3.32. The van der Waals surface area contributed by atoms with Crippen molar-refractivity contribution >= 4 is 11.9 Å². The number of morpholine rings is 1. The smallest absolute Gasteiger partial charge is 0.311 e. The van der Waals surface area contributed by atoms with Crippen molar-refractivity contribution in [2.75, 3.05) is 19.8 Å². The summed E-state index contributed by atoms with van der Waals surface area (Å²) in [4.78, 5) is 23.3. The quantitative estimate of drug-likeness (QED) is 0.647. The average molecular weight is 256 g/mol. The van der Waals surface area contributed by atoms with Crippen molar-refractivity contribution < 1.29 is 19.4 Å². The average Bonchev–Trinajstić information content (AvgIpc) is 2.73. The Balaban J connectivity index is 1.95. The number of carbonyl (C=O) groups excluding carboxylic acids is 1. The molecule has 0 aromatic heterocycles. The van der Waals surface area contributed by atoms with Gasteiger partial charge in [0.2, 0.25) is 5.91 Å². The van der Waals surface area contributed by atoms with Gasteiger partial charge in [0, 0.05) is 12.6 Å². The lowest BCUT2D eigenvalue weighted by Crippen LogP contribution is -2.56. The van der Waals surface area contributed by atoms with Crippen LogP contribution in [0.1, 0.15) is 26.2 Å². The van der Waals surface area contributed by atoms with Crippen LogP contribution in [0.25, 0.3) is 0 Å². The lowest BCUT2D eigenvalue weighted by atomic mass is 9.85. The minimum atomic E-state index is -0.842. The van der Waals surface area contributed by atoms with Crippen molar-refractivity contribution in [1.29, 1.82) is 0 Å². The molecule has 1 saturated carbocycles. The molecule has 1 aliphatic carbocycles. The van der Waals surface area contributed by atoms with Gasteiger partial charge in [-0.1, -0.05) is 6.42 Å². The molecule has 6 heteroatoms. The van der Waals surface area contributed by atoms with E-state index in [2.05, 4.69) is 10.6 Å². The maximum atomic E-state index is 12.0. The van der Waals surface area contributed by atoms with Gasteiger partial charge in [0.25, 0.3) is 0 Å². The van der Waals surface area contributed by atoms with Crippen molar-refractivity contribution in [3.8, 4) is 0 Å². The van der Waals surface area contributed by atoms with E-state index in [0.717, 1.165) is 12.8 Å². The van der Waals surface area contributed by atoms with Crippen molar-refractivity contribution in [2.45, 2.75) is 38.3 Å². The van der Waals surface area contributed by atoms with E-state index < -0.39 is 11.4 Å². The van der Waals surface area contributed by atoms with Gasteiger partial charge in [-0.3, -0.25) is 9.59 Å². The second kappa shape index (κ2) is 5.24. The third-order valence-corrected chi connectivity index (χ3v) is 4.00. The first-order valence-electron chi connectivity index (χ1n) is 6.39. The summed E-state index contributed by atoms with van der Waals surface area (Å²) in [6, 6.07) is -0.649. The monoisotopic (exact) mass is 256 g/mol. The van der Waals surface area contributed by atoms with Gasteiger partial charge in [0.05, 0.1) is 18.6 Å². The summed E-state index contributed by atoms with van der Waals surface area (Å²) >= 11 is 0. The van der Waals surface area contributed by atoms with Gasteiger partial charge in [-0.2, -0.15) is 0 Å². The second-order valence-electron chi connectivity index (χ2n) is 5.26. The Labute approximate surface area is 106 Å². The van der Waals surface area contributed by atoms with Gasteiger partial charge in [0.1, 0.15) is 6.04 Å². The number of carboxylic acids is 1. The van der Waals surface area contributed by atoms with Crippen LogP contribution in [0.15, 0.2) is 0 Å². The summed E-state index contributed by atoms with van der Waals surface area (Å²) in [5.41, 5.74) is -0.842. The molecule has 102 valence electrons. The molecule has 2 rings (SSSR count). The van der Waals surface area contributed by atoms with Crippen molar-refractivity contribution in [3.63, 3.8) is 0 Å². The van der Waals surface area contributed by atoms with Gasteiger partial charge < -0.3 is 20.5 Å². The first-order valence-corrected chi connectivity index (χ1v) is 6.39. The highest BCUT2D eigenvalue weighted by molar-refractivity contribution is 5.84. The number of carboxylic acid groups (broad SMARTS) is 1. The Morgan fingerprint density at radius 2 is 2.28 bits per heavy atom. The van der Waals surface area contributed by atoms with E-state index in [1.54, 1.807) is 6.92 Å². The van der Waals surface area contributed by atoms with Gasteiger partial charge in [-0.25, -0.2) is 0 Å². The van der Waals surface area contributed by atoms with Crippen LogP contribution in [0.5, 0.6) is 0 Å². The molecule has 3 atom stereocenters. The Hall–Kier alpha value is -1.14. The van der Waals surface area contributed by atoms with Crippen LogP contribution in [-0.4, -0.2) is 48.8 Å². The predicted molar refractivity (Wildman–Crippen MR) is 64.1 cm³/mol. The third-order valence-electron chi connectivity index (χ3n) is 4.00. The van der Waals surface area contributed by atoms with Crippen LogP contribution in [0, 0.1) is 5.41 Å². The van der Waals surface area contributed by atoms with Crippen LogP contribution in [-0.2, 0) is 14.3 Å². The molecule has 0 aromatic rings. The van der Waals surface area contributed by atoms with E-state index in [4.69, 9.17) is 4.74 Å². The molecule has 18 heavy (non-hydrogen) atoms. The number of hydrogen-bond acceptors (Lipinski definition) is 4. The van der Waals surface area contributed by atoms with Gasteiger partial charge in [0.15, 0.2) is 0 Å². The molecule has 1 heterocycles. The normalized spacial score (nSPS) is 36.3. The zero-order valence-electron chi connectivity index (χ0n) is 10.6. The summed E-state index contributed by atoms with van der Waals surface area (Å²) in [5, 5.41) is 15.2. The molecule has 6 nitrogen and oxygen atoms in total. The largest absolute Gasteiger partial charge is 0.481 e. The summed E-state index contributed by atoms with van der Waals surface area (Å²) in [7, 11) is 0. The Bertz CT molecular complexity index is 341. The van der Waals surface area contributed by atoms with E-state index in [1.165, 1.54) is 0 Å². The van der Waals surface area contributed by atoms with Gasteiger partial charge in [-0.05, 0) is 19.8 Å². The molecular weight excluding hydrogens is 236 g/mol. The van der Waals surface area contributed by atoms with E-state index >= 15 is 0 Å². The van der Waals surface area contributed by atoms with Gasteiger partial charge >= 0.3 is 5.97 Å². The molecule has 1 aliphatic heterocycles. The van der Waals surface area contributed by atoms with Crippen LogP contribution in [0.3, 0.4) is 0 Å². The molecule has 3 unspecified atom stereocenters. The molecule has 0 aromatic carbocycles. The topological polar surface area (TPSA) is 87.7 Å². The van der Waals surface area contributed by atoms with Crippen LogP contribution in [0.2, 0.25) is 0 Å². The standard InChI is InChI=1S/C12H20N2O4/c1-12(11(16)17)4-2-3-9(12)14-10(15)8-7-18-6-5-13-8/h8-9,13H,2-7H2,1H3,(H,14,15)(H,16,17). The van der Waals surface area contributed by atoms with E-state index in [1.807, 2.05) is 0 Å². The van der Waals surface area contributed by atoms with Gasteiger partial charge in [-0.15, -0.1) is 0 Å². The number of rotatable bonds is 3. The molecule has 3 N–H and O–H groups in total. The molecular formula is C12H20N2O4. The maximum absolute atomic E-state index is 12.0. The number of carbonyl (C=O) groups is 2. The van der Waals surface area contributed by atoms with Crippen molar-refractivity contribution in [1.82, 2.24) is 10.6 Å². The molecule has 1 saturated heterocycles. The van der Waals surface area contributed by atoms with E-state index in [9.17, 15) is 14.7 Å². The molecule has 0 bridgehead atoms. The molecule has 1 amide bonds. The van der Waals surface area contributed by atoms with Crippen molar-refractivity contribution in [3.05, 3.63) is 0 Å². The fourth-order valence-electron chi connectivity index (χ4n) is 2.66. The lowest BCUT2D eigenvalue weighted by molar-refractivity contribution is -0.149. The minimum absolute atomic E-state index is 0.158. The second-order valence-corrected chi connectivity index (χ2v) is 5.26. The van der Waals surface area contributed by atoms with Crippen LogP contribution in [0.4, 0.5) is 0 Å². The van der Waals surface area contributed by atoms with E-state index in [0.29, 0.717) is 26.2 Å². The van der Waals surface area contributed by atoms with Crippen molar-refractivity contribution in [2.24, 2.45) is 5.41 Å². The fourth-order valence-corrected chi connectivity index (χ4v) is 2.66. The number of ether oxygens (including phenoxy) is 1. The Kier molecular flexibility index (Phi) is 3.87. The Morgan fingerprint density at radius 1 is 1.50 bits per heavy atom. The summed E-state index contributed by atoms with van der Waals surface area (Å²) in [6.07, 6.45) is 2.17. The fraction of sp³-hybridized carbons (Fsp3) is 0.833. The Morgan fingerprint density at radius 3 is 2.89 bits per heavy atom. The number of aliphatic carboxylic acids is 1. The SMILES string of the molecule is CC1(C(=O)O)CCCC1NC(=O)C1COCCN1. The number of amides is 1. The zero-order chi connectivity index (χ0) is 13.2. The first kappa shape index (κ1) is 13.3. The number of nitrogens with one attached hydrogen (secondary N) is 2. The number of hydrogen-bond donors (Lipinski definition) is 3. The first-order chi connectivity index (χ1) is 8.54. The van der Waals surface area contributed by atoms with E-state index in [-0.39, 0.29) is 18.0 Å². The zero-order valence-corrected chi connectivity index (χ0v) is 10.6. The molecule has 0 spiro atoms. The minimum Gasteiger partial charge on any atom is -0.481 e. The highest BCUT2D eigenvalue weighted by Gasteiger charge is 2.46. The highest BCUT2D eigenvalue weighted by Crippen LogP contribution is 2.38.